The molecule has 0 aromatic carbocycles. The molecule has 0 saturated heterocycles. The standard InChI is InChI=1S/C12H16BrNO2/c13-7-3-8-14(10-4-1-5-10)12(15)11-6-2-9-16-11/h2,6,9-10H,1,3-5,7-8H2. The van der Waals surface area contributed by atoms with E-state index in [2.05, 4.69) is 15.9 Å². The number of furan rings is 1. The van der Waals surface area contributed by atoms with Crippen molar-refractivity contribution >= 4 is 21.8 Å². The van der Waals surface area contributed by atoms with Crippen molar-refractivity contribution in [1.29, 1.82) is 0 Å². The summed E-state index contributed by atoms with van der Waals surface area (Å²) in [5, 5.41) is 0.932. The number of rotatable bonds is 5. The predicted molar refractivity (Wildman–Crippen MR) is 65.8 cm³/mol. The number of halogens is 1. The minimum Gasteiger partial charge on any atom is -0.459 e. The molecule has 1 aliphatic carbocycles. The molecular weight excluding hydrogens is 270 g/mol. The highest BCUT2D eigenvalue weighted by atomic mass is 79.9. The van der Waals surface area contributed by atoms with Crippen LogP contribution >= 0.6 is 15.9 Å². The van der Waals surface area contributed by atoms with E-state index in [1.54, 1.807) is 18.4 Å². The highest BCUT2D eigenvalue weighted by Crippen LogP contribution is 2.26. The van der Waals surface area contributed by atoms with Crippen LogP contribution in [0.3, 0.4) is 0 Å². The number of amides is 1. The van der Waals surface area contributed by atoms with E-state index < -0.39 is 0 Å². The van der Waals surface area contributed by atoms with Crippen LogP contribution in [0.5, 0.6) is 0 Å². The van der Waals surface area contributed by atoms with Gasteiger partial charge in [-0.15, -0.1) is 0 Å². The van der Waals surface area contributed by atoms with Crippen LogP contribution in [-0.2, 0) is 0 Å². The second-order valence-electron chi connectivity index (χ2n) is 4.10. The molecule has 4 heteroatoms. The first kappa shape index (κ1) is 11.7. The summed E-state index contributed by atoms with van der Waals surface area (Å²) < 4.78 is 5.17. The molecule has 0 bridgehead atoms. The van der Waals surface area contributed by atoms with E-state index in [4.69, 9.17) is 4.42 Å². The Balaban J connectivity index is 2.02. The smallest absolute Gasteiger partial charge is 0.289 e. The van der Waals surface area contributed by atoms with Gasteiger partial charge in [0, 0.05) is 17.9 Å². The normalized spacial score (nSPS) is 15.8. The van der Waals surface area contributed by atoms with Gasteiger partial charge in [0.05, 0.1) is 6.26 Å². The van der Waals surface area contributed by atoms with Gasteiger partial charge in [0.15, 0.2) is 5.76 Å². The monoisotopic (exact) mass is 285 g/mol. The van der Waals surface area contributed by atoms with Crippen LogP contribution in [0.25, 0.3) is 0 Å². The van der Waals surface area contributed by atoms with Crippen molar-refractivity contribution in [2.75, 3.05) is 11.9 Å². The maximum atomic E-state index is 12.2. The van der Waals surface area contributed by atoms with Gasteiger partial charge in [-0.1, -0.05) is 15.9 Å². The minimum absolute atomic E-state index is 0.0376. The lowest BCUT2D eigenvalue weighted by Gasteiger charge is -2.37. The summed E-state index contributed by atoms with van der Waals surface area (Å²) in [4.78, 5) is 14.1. The zero-order chi connectivity index (χ0) is 11.4. The number of hydrogen-bond donors (Lipinski definition) is 0. The van der Waals surface area contributed by atoms with E-state index in [9.17, 15) is 4.79 Å². The van der Waals surface area contributed by atoms with Crippen molar-refractivity contribution < 1.29 is 9.21 Å². The Kier molecular flexibility index (Phi) is 4.04. The highest BCUT2D eigenvalue weighted by molar-refractivity contribution is 9.09. The van der Waals surface area contributed by atoms with Crippen LogP contribution in [0.2, 0.25) is 0 Å². The molecule has 0 aliphatic heterocycles. The van der Waals surface area contributed by atoms with E-state index in [-0.39, 0.29) is 5.91 Å². The third-order valence-electron chi connectivity index (χ3n) is 3.04. The SMILES string of the molecule is O=C(c1ccco1)N(CCCBr)C1CCC1. The molecule has 0 N–H and O–H groups in total. The summed E-state index contributed by atoms with van der Waals surface area (Å²) in [7, 11) is 0. The maximum Gasteiger partial charge on any atom is 0.289 e. The first-order chi connectivity index (χ1) is 7.83. The number of carbonyl (C=O) groups is 1. The van der Waals surface area contributed by atoms with Crippen molar-refractivity contribution in [3.05, 3.63) is 24.2 Å². The van der Waals surface area contributed by atoms with Gasteiger partial charge in [0.25, 0.3) is 5.91 Å². The zero-order valence-electron chi connectivity index (χ0n) is 9.19. The quantitative estimate of drug-likeness (QED) is 0.779. The van der Waals surface area contributed by atoms with Gasteiger partial charge in [-0.05, 0) is 37.8 Å². The molecule has 0 radical (unpaired) electrons. The van der Waals surface area contributed by atoms with Crippen molar-refractivity contribution in [1.82, 2.24) is 4.90 Å². The highest BCUT2D eigenvalue weighted by Gasteiger charge is 2.29. The molecule has 3 nitrogen and oxygen atoms in total. The van der Waals surface area contributed by atoms with E-state index in [0.717, 1.165) is 31.1 Å². The van der Waals surface area contributed by atoms with Gasteiger partial charge < -0.3 is 9.32 Å². The van der Waals surface area contributed by atoms with Crippen LogP contribution in [0.15, 0.2) is 22.8 Å². The average Bonchev–Trinajstić information content (AvgIpc) is 2.73. The van der Waals surface area contributed by atoms with Crippen LogP contribution < -0.4 is 0 Å². The molecule has 1 saturated carbocycles. The zero-order valence-corrected chi connectivity index (χ0v) is 10.8. The fourth-order valence-corrected chi connectivity index (χ4v) is 2.17. The Morgan fingerprint density at radius 3 is 2.88 bits per heavy atom. The Morgan fingerprint density at radius 1 is 1.56 bits per heavy atom. The summed E-state index contributed by atoms with van der Waals surface area (Å²) >= 11 is 3.40. The number of carbonyl (C=O) groups excluding carboxylic acids is 1. The van der Waals surface area contributed by atoms with E-state index in [0.29, 0.717) is 11.8 Å². The number of alkyl halides is 1. The van der Waals surface area contributed by atoms with Crippen molar-refractivity contribution in [2.24, 2.45) is 0 Å². The van der Waals surface area contributed by atoms with E-state index >= 15 is 0 Å². The molecule has 88 valence electrons. The summed E-state index contributed by atoms with van der Waals surface area (Å²) in [6.45, 7) is 0.815. The van der Waals surface area contributed by atoms with Gasteiger partial charge in [-0.2, -0.15) is 0 Å². The Hall–Kier alpha value is -0.770. The lowest BCUT2D eigenvalue weighted by Crippen LogP contribution is -2.44. The van der Waals surface area contributed by atoms with Crippen LogP contribution in [-0.4, -0.2) is 28.7 Å². The van der Waals surface area contributed by atoms with Gasteiger partial charge in [0.2, 0.25) is 0 Å². The second-order valence-corrected chi connectivity index (χ2v) is 4.90. The lowest BCUT2D eigenvalue weighted by atomic mass is 9.91. The molecule has 1 heterocycles. The van der Waals surface area contributed by atoms with Crippen molar-refractivity contribution in [3.8, 4) is 0 Å². The maximum absolute atomic E-state index is 12.2. The molecule has 0 atom stereocenters. The van der Waals surface area contributed by atoms with Crippen LogP contribution in [0.4, 0.5) is 0 Å². The Labute approximate surface area is 104 Å². The van der Waals surface area contributed by atoms with Gasteiger partial charge in [-0.3, -0.25) is 4.79 Å². The molecule has 0 spiro atoms. The molecular formula is C12H16BrNO2. The lowest BCUT2D eigenvalue weighted by molar-refractivity contribution is 0.0549. The summed E-state index contributed by atoms with van der Waals surface area (Å²) in [5.41, 5.74) is 0. The molecule has 1 amide bonds. The first-order valence-corrected chi connectivity index (χ1v) is 6.85. The Bertz CT molecular complexity index is 333. The van der Waals surface area contributed by atoms with Gasteiger partial charge in [-0.25, -0.2) is 0 Å². The van der Waals surface area contributed by atoms with Crippen molar-refractivity contribution in [3.63, 3.8) is 0 Å². The number of hydrogen-bond acceptors (Lipinski definition) is 2. The molecule has 16 heavy (non-hydrogen) atoms. The third kappa shape index (κ3) is 2.48. The molecule has 1 aromatic heterocycles. The fraction of sp³-hybridized carbons (Fsp3) is 0.583. The van der Waals surface area contributed by atoms with Gasteiger partial charge in [0.1, 0.15) is 0 Å². The van der Waals surface area contributed by atoms with Crippen LogP contribution in [0.1, 0.15) is 36.2 Å². The van der Waals surface area contributed by atoms with E-state index in [1.165, 1.54) is 6.42 Å². The molecule has 1 aliphatic rings. The second kappa shape index (κ2) is 5.53. The average molecular weight is 286 g/mol. The third-order valence-corrected chi connectivity index (χ3v) is 3.60. The topological polar surface area (TPSA) is 33.5 Å². The van der Waals surface area contributed by atoms with Gasteiger partial charge >= 0.3 is 0 Å². The predicted octanol–water partition coefficient (Wildman–Crippen LogP) is 3.06. The summed E-state index contributed by atoms with van der Waals surface area (Å²) in [6, 6.07) is 3.93. The fourth-order valence-electron chi connectivity index (χ4n) is 1.92. The summed E-state index contributed by atoms with van der Waals surface area (Å²) in [5.74, 6) is 0.497. The number of nitrogens with zero attached hydrogens (tertiary/aromatic N) is 1. The minimum atomic E-state index is 0.0376. The van der Waals surface area contributed by atoms with Crippen LogP contribution in [0, 0.1) is 0 Å². The largest absolute Gasteiger partial charge is 0.459 e. The summed E-state index contributed by atoms with van der Waals surface area (Å²) in [6.07, 6.45) is 6.05. The first-order valence-electron chi connectivity index (χ1n) is 5.73. The molecule has 1 fully saturated rings. The molecule has 0 unspecified atom stereocenters. The molecule has 1 aromatic rings. The molecule has 2 rings (SSSR count). The van der Waals surface area contributed by atoms with Crippen molar-refractivity contribution in [2.45, 2.75) is 31.7 Å². The Morgan fingerprint density at radius 2 is 2.38 bits per heavy atom. The van der Waals surface area contributed by atoms with E-state index in [1.807, 2.05) is 4.90 Å².